The lowest BCUT2D eigenvalue weighted by atomic mass is 9.75. The summed E-state index contributed by atoms with van der Waals surface area (Å²) < 4.78 is 0. The first-order valence-corrected chi connectivity index (χ1v) is 8.90. The van der Waals surface area contributed by atoms with Gasteiger partial charge < -0.3 is 10.2 Å². The lowest BCUT2D eigenvalue weighted by molar-refractivity contribution is -0.902. The summed E-state index contributed by atoms with van der Waals surface area (Å²) in [6.07, 6.45) is 6.95. The summed E-state index contributed by atoms with van der Waals surface area (Å²) in [5.74, 6) is 2.02. The van der Waals surface area contributed by atoms with Crippen LogP contribution in [0.1, 0.15) is 50.6 Å². The monoisotopic (exact) mass is 301 g/mol. The van der Waals surface area contributed by atoms with Gasteiger partial charge in [0.1, 0.15) is 0 Å². The predicted molar refractivity (Wildman–Crippen MR) is 88.6 cm³/mol. The first kappa shape index (κ1) is 15.5. The van der Waals surface area contributed by atoms with E-state index in [2.05, 4.69) is 24.4 Å². The van der Waals surface area contributed by atoms with Crippen LogP contribution in [0.15, 0.2) is 30.3 Å². The number of carbonyl (C=O) groups is 1. The summed E-state index contributed by atoms with van der Waals surface area (Å²) in [5.41, 5.74) is 1.18. The normalized spacial score (nSPS) is 29.4. The molecule has 3 heteroatoms. The Labute approximate surface area is 134 Å². The molecule has 1 unspecified atom stereocenters. The highest BCUT2D eigenvalue weighted by Crippen LogP contribution is 2.32. The van der Waals surface area contributed by atoms with Crippen molar-refractivity contribution in [2.45, 2.75) is 45.1 Å². The van der Waals surface area contributed by atoms with Crippen LogP contribution in [0.4, 0.5) is 0 Å². The Bertz CT molecular complexity index is 487. The number of piperidine rings is 1. The van der Waals surface area contributed by atoms with Crippen molar-refractivity contribution in [3.8, 4) is 0 Å². The second-order valence-corrected chi connectivity index (χ2v) is 7.17. The van der Waals surface area contributed by atoms with E-state index in [4.69, 9.17) is 0 Å². The van der Waals surface area contributed by atoms with Gasteiger partial charge in [0.05, 0.1) is 19.1 Å². The number of benzene rings is 1. The largest absolute Gasteiger partial charge is 0.345 e. The average Bonchev–Trinajstić information content (AvgIpc) is 2.55. The van der Waals surface area contributed by atoms with Crippen LogP contribution in [0, 0.1) is 11.8 Å². The van der Waals surface area contributed by atoms with Crippen LogP contribution < -0.4 is 10.2 Å². The minimum absolute atomic E-state index is 0.0975. The number of hydrogen-bond donors (Lipinski definition) is 2. The molecule has 1 heterocycles. The maximum absolute atomic E-state index is 12.3. The fourth-order valence-corrected chi connectivity index (χ4v) is 4.30. The summed E-state index contributed by atoms with van der Waals surface area (Å²) in [6, 6.07) is 10.3. The smallest absolute Gasteiger partial charge is 0.275 e. The second-order valence-electron chi connectivity index (χ2n) is 7.17. The third-order valence-electron chi connectivity index (χ3n) is 5.57. The Hall–Kier alpha value is -1.35. The van der Waals surface area contributed by atoms with Crippen LogP contribution in [0.3, 0.4) is 0 Å². The van der Waals surface area contributed by atoms with Gasteiger partial charge in [-0.1, -0.05) is 43.2 Å². The van der Waals surface area contributed by atoms with Crippen LogP contribution >= 0.6 is 0 Å². The first-order chi connectivity index (χ1) is 10.7. The number of carbonyl (C=O) groups excluding carboxylic acids is 1. The van der Waals surface area contributed by atoms with Crippen molar-refractivity contribution in [1.29, 1.82) is 0 Å². The molecule has 22 heavy (non-hydrogen) atoms. The molecular weight excluding hydrogens is 272 g/mol. The van der Waals surface area contributed by atoms with Crippen molar-refractivity contribution < 1.29 is 9.69 Å². The molecule has 2 fully saturated rings. The summed E-state index contributed by atoms with van der Waals surface area (Å²) in [5, 5.41) is 3.16. The summed E-state index contributed by atoms with van der Waals surface area (Å²) in [6.45, 7) is 5.09. The van der Waals surface area contributed by atoms with E-state index in [1.807, 2.05) is 18.2 Å². The molecule has 1 saturated heterocycles. The quantitative estimate of drug-likeness (QED) is 0.876. The minimum Gasteiger partial charge on any atom is -0.345 e. The third-order valence-corrected chi connectivity index (χ3v) is 5.57. The van der Waals surface area contributed by atoms with E-state index in [1.54, 1.807) is 0 Å². The molecule has 2 N–H and O–H groups in total. The topological polar surface area (TPSA) is 33.5 Å². The van der Waals surface area contributed by atoms with Crippen molar-refractivity contribution in [3.05, 3.63) is 35.9 Å². The molecule has 1 aliphatic carbocycles. The lowest BCUT2D eigenvalue weighted by Crippen LogP contribution is -3.15. The Morgan fingerprint density at radius 3 is 2.68 bits per heavy atom. The van der Waals surface area contributed by atoms with Crippen molar-refractivity contribution in [1.82, 2.24) is 5.32 Å². The average molecular weight is 301 g/mol. The van der Waals surface area contributed by atoms with Crippen LogP contribution in [0.5, 0.6) is 0 Å². The van der Waals surface area contributed by atoms with E-state index in [0.717, 1.165) is 11.8 Å². The molecule has 3 rings (SSSR count). The molecular formula is C19H29N2O+. The number of rotatable bonds is 4. The molecule has 0 radical (unpaired) electrons. The Morgan fingerprint density at radius 1 is 1.18 bits per heavy atom. The molecule has 120 valence electrons. The van der Waals surface area contributed by atoms with Gasteiger partial charge in [0.25, 0.3) is 5.91 Å². The highest BCUT2D eigenvalue weighted by molar-refractivity contribution is 5.77. The minimum atomic E-state index is 0.0975. The van der Waals surface area contributed by atoms with Gasteiger partial charge in [0.2, 0.25) is 0 Å². The Balaban J connectivity index is 1.47. The van der Waals surface area contributed by atoms with Crippen molar-refractivity contribution in [3.63, 3.8) is 0 Å². The van der Waals surface area contributed by atoms with Crippen LogP contribution in [0.25, 0.3) is 0 Å². The lowest BCUT2D eigenvalue weighted by Gasteiger charge is -2.38. The van der Waals surface area contributed by atoms with Gasteiger partial charge in [-0.05, 0) is 37.7 Å². The van der Waals surface area contributed by atoms with E-state index < -0.39 is 0 Å². The Kier molecular flexibility index (Phi) is 5.14. The number of amides is 1. The van der Waals surface area contributed by atoms with E-state index in [9.17, 15) is 4.79 Å². The van der Waals surface area contributed by atoms with Gasteiger partial charge in [-0.15, -0.1) is 0 Å². The van der Waals surface area contributed by atoms with E-state index in [1.165, 1.54) is 55.7 Å². The Morgan fingerprint density at radius 2 is 1.91 bits per heavy atom. The van der Waals surface area contributed by atoms with Gasteiger partial charge in [0.15, 0.2) is 6.54 Å². The highest BCUT2D eigenvalue weighted by atomic mass is 16.2. The molecule has 2 aliphatic rings. The van der Waals surface area contributed by atoms with E-state index in [0.29, 0.717) is 6.54 Å². The summed E-state index contributed by atoms with van der Waals surface area (Å²) >= 11 is 0. The number of fused-ring (bicyclic) bond motifs is 1. The molecule has 4 atom stereocenters. The molecule has 3 nitrogen and oxygen atoms in total. The van der Waals surface area contributed by atoms with E-state index >= 15 is 0 Å². The molecule has 1 aromatic carbocycles. The van der Waals surface area contributed by atoms with Gasteiger partial charge in [0, 0.05) is 5.92 Å². The predicted octanol–water partition coefficient (Wildman–Crippen LogP) is 1.96. The van der Waals surface area contributed by atoms with Crippen LogP contribution in [-0.2, 0) is 4.79 Å². The van der Waals surface area contributed by atoms with Gasteiger partial charge in [-0.3, -0.25) is 4.79 Å². The van der Waals surface area contributed by atoms with Crippen molar-refractivity contribution >= 4 is 5.91 Å². The molecule has 0 aromatic heterocycles. The third kappa shape index (κ3) is 3.89. The van der Waals surface area contributed by atoms with Gasteiger partial charge in [-0.25, -0.2) is 0 Å². The highest BCUT2D eigenvalue weighted by Gasteiger charge is 2.34. The fourth-order valence-electron chi connectivity index (χ4n) is 4.30. The maximum Gasteiger partial charge on any atom is 0.275 e. The van der Waals surface area contributed by atoms with Crippen LogP contribution in [0.2, 0.25) is 0 Å². The first-order valence-electron chi connectivity index (χ1n) is 8.90. The number of nitrogens with one attached hydrogen (secondary N) is 2. The van der Waals surface area contributed by atoms with Crippen LogP contribution in [-0.4, -0.2) is 25.5 Å². The summed E-state index contributed by atoms with van der Waals surface area (Å²) in [4.78, 5) is 13.8. The zero-order valence-corrected chi connectivity index (χ0v) is 13.7. The zero-order chi connectivity index (χ0) is 15.4. The van der Waals surface area contributed by atoms with Crippen molar-refractivity contribution in [2.24, 2.45) is 11.8 Å². The molecule has 1 aliphatic heterocycles. The fraction of sp³-hybridized carbons (Fsp3) is 0.632. The van der Waals surface area contributed by atoms with Gasteiger partial charge in [-0.2, -0.15) is 0 Å². The van der Waals surface area contributed by atoms with Gasteiger partial charge >= 0.3 is 0 Å². The molecule has 0 spiro atoms. The molecule has 1 amide bonds. The number of likely N-dealkylation sites (tertiary alicyclic amines) is 1. The molecule has 1 saturated carbocycles. The SMILES string of the molecule is C[C@@H](NC(=O)C[NH+]1CC[C@@H]2CCCC[C@@H]2C1)c1ccccc1. The second kappa shape index (κ2) is 7.28. The number of hydrogen-bond acceptors (Lipinski definition) is 1. The van der Waals surface area contributed by atoms with E-state index in [-0.39, 0.29) is 11.9 Å². The maximum atomic E-state index is 12.3. The molecule has 0 bridgehead atoms. The molecule has 1 aromatic rings. The zero-order valence-electron chi connectivity index (χ0n) is 13.7. The summed E-state index contributed by atoms with van der Waals surface area (Å²) in [7, 11) is 0. The van der Waals surface area contributed by atoms with Crippen molar-refractivity contribution in [2.75, 3.05) is 19.6 Å². The standard InChI is InChI=1S/C19H28N2O/c1-15(16-7-3-2-4-8-16)20-19(22)14-21-12-11-17-9-5-6-10-18(17)13-21/h2-4,7-8,15,17-18H,5-6,9-14H2,1H3,(H,20,22)/p+1/t15-,17+,18-/m1/s1. The number of quaternary nitrogens is 1.